The van der Waals surface area contributed by atoms with Gasteiger partial charge in [0.15, 0.2) is 6.61 Å². The second kappa shape index (κ2) is 8.41. The van der Waals surface area contributed by atoms with E-state index in [1.165, 1.54) is 11.0 Å². The fraction of sp³-hybridized carbons (Fsp3) is 0.261. The fourth-order valence-corrected chi connectivity index (χ4v) is 3.73. The highest BCUT2D eigenvalue weighted by atomic mass is 16.5. The van der Waals surface area contributed by atoms with E-state index in [0.717, 1.165) is 16.5 Å². The molecule has 1 aromatic heterocycles. The summed E-state index contributed by atoms with van der Waals surface area (Å²) in [4.78, 5) is 37.2. The Bertz CT molecular complexity index is 1140. The van der Waals surface area contributed by atoms with Crippen LogP contribution in [-0.2, 0) is 9.59 Å². The molecule has 0 spiro atoms. The number of carboxylic acid groups (broad SMARTS) is 1. The summed E-state index contributed by atoms with van der Waals surface area (Å²) in [7, 11) is 0. The van der Waals surface area contributed by atoms with Crippen LogP contribution in [0.3, 0.4) is 0 Å². The Morgan fingerprint density at radius 2 is 1.93 bits per heavy atom. The van der Waals surface area contributed by atoms with E-state index in [4.69, 9.17) is 14.3 Å². The molecule has 1 fully saturated rings. The van der Waals surface area contributed by atoms with E-state index < -0.39 is 17.5 Å². The van der Waals surface area contributed by atoms with Gasteiger partial charge < -0.3 is 19.2 Å². The second-order valence-corrected chi connectivity index (χ2v) is 7.31. The molecule has 1 N–H and O–H groups in total. The quantitative estimate of drug-likeness (QED) is 0.653. The van der Waals surface area contributed by atoms with Crippen molar-refractivity contribution >= 4 is 22.8 Å². The van der Waals surface area contributed by atoms with Crippen LogP contribution in [0.4, 0.5) is 0 Å². The molecule has 0 unspecified atom stereocenters. The van der Waals surface area contributed by atoms with Gasteiger partial charge in [0.1, 0.15) is 11.3 Å². The van der Waals surface area contributed by atoms with Crippen molar-refractivity contribution in [2.45, 2.75) is 12.8 Å². The van der Waals surface area contributed by atoms with E-state index in [1.54, 1.807) is 18.2 Å². The van der Waals surface area contributed by atoms with Crippen LogP contribution in [0.1, 0.15) is 12.8 Å². The number of benzene rings is 2. The van der Waals surface area contributed by atoms with Crippen molar-refractivity contribution in [3.8, 4) is 16.9 Å². The zero-order chi connectivity index (χ0) is 21.1. The molecular formula is C23H21NO6. The van der Waals surface area contributed by atoms with Crippen LogP contribution in [0.25, 0.3) is 22.1 Å². The van der Waals surface area contributed by atoms with E-state index in [0.29, 0.717) is 30.7 Å². The number of carbonyl (C=O) groups excluding carboxylic acids is 1. The zero-order valence-corrected chi connectivity index (χ0v) is 16.2. The molecular weight excluding hydrogens is 386 g/mol. The molecule has 2 heterocycles. The van der Waals surface area contributed by atoms with Gasteiger partial charge in [-0.25, -0.2) is 4.79 Å². The average molecular weight is 407 g/mol. The van der Waals surface area contributed by atoms with Crippen LogP contribution >= 0.6 is 0 Å². The molecule has 1 saturated heterocycles. The van der Waals surface area contributed by atoms with Gasteiger partial charge in [0.25, 0.3) is 5.91 Å². The summed E-state index contributed by atoms with van der Waals surface area (Å²) in [5.41, 5.74) is 1.56. The minimum atomic E-state index is -0.882. The number of carboxylic acids is 1. The number of nitrogens with zero attached hydrogens (tertiary/aromatic N) is 1. The minimum Gasteiger partial charge on any atom is -0.484 e. The third kappa shape index (κ3) is 4.20. The summed E-state index contributed by atoms with van der Waals surface area (Å²) < 4.78 is 10.9. The van der Waals surface area contributed by atoms with Crippen molar-refractivity contribution in [1.29, 1.82) is 0 Å². The van der Waals surface area contributed by atoms with Gasteiger partial charge in [0.05, 0.1) is 5.92 Å². The largest absolute Gasteiger partial charge is 0.484 e. The first-order valence-electron chi connectivity index (χ1n) is 9.78. The topological polar surface area (TPSA) is 97.0 Å². The van der Waals surface area contributed by atoms with Crippen molar-refractivity contribution in [3.63, 3.8) is 0 Å². The molecule has 7 heteroatoms. The molecule has 0 aliphatic carbocycles. The van der Waals surface area contributed by atoms with Crippen LogP contribution in [0.15, 0.2) is 63.8 Å². The van der Waals surface area contributed by atoms with Crippen molar-refractivity contribution in [2.75, 3.05) is 19.7 Å². The van der Waals surface area contributed by atoms with E-state index in [9.17, 15) is 14.4 Å². The number of hydrogen-bond acceptors (Lipinski definition) is 5. The smallest absolute Gasteiger partial charge is 0.336 e. The first kappa shape index (κ1) is 19.7. The van der Waals surface area contributed by atoms with Gasteiger partial charge in [-0.15, -0.1) is 0 Å². The molecule has 0 radical (unpaired) electrons. The standard InChI is InChI=1S/C23H21NO6/c25-21(24-10-4-7-16(13-24)23(27)28)14-29-17-8-9-18-19(15-5-2-1-3-6-15)12-22(26)30-20(18)11-17/h1-3,5-6,8-9,11-12,16H,4,7,10,13-14H2,(H,27,28)/t16-/m0/s1. The normalized spacial score (nSPS) is 16.4. The number of rotatable bonds is 5. The highest BCUT2D eigenvalue weighted by Gasteiger charge is 2.28. The molecule has 7 nitrogen and oxygen atoms in total. The molecule has 1 atom stereocenters. The monoisotopic (exact) mass is 407 g/mol. The van der Waals surface area contributed by atoms with Crippen LogP contribution < -0.4 is 10.4 Å². The first-order chi connectivity index (χ1) is 14.5. The number of ether oxygens (including phenoxy) is 1. The Labute approximate surface area is 172 Å². The molecule has 3 aromatic rings. The van der Waals surface area contributed by atoms with Crippen LogP contribution in [-0.4, -0.2) is 41.6 Å². The number of amides is 1. The number of fused-ring (bicyclic) bond motifs is 1. The maximum atomic E-state index is 12.4. The van der Waals surface area contributed by atoms with Gasteiger partial charge in [-0.1, -0.05) is 30.3 Å². The Kier molecular flexibility index (Phi) is 5.52. The van der Waals surface area contributed by atoms with Gasteiger partial charge in [-0.05, 0) is 36.1 Å². The fourth-order valence-electron chi connectivity index (χ4n) is 3.73. The summed E-state index contributed by atoms with van der Waals surface area (Å²) >= 11 is 0. The Balaban J connectivity index is 1.51. The third-order valence-corrected chi connectivity index (χ3v) is 5.29. The highest BCUT2D eigenvalue weighted by Crippen LogP contribution is 2.29. The van der Waals surface area contributed by atoms with E-state index >= 15 is 0 Å². The molecule has 0 bridgehead atoms. The summed E-state index contributed by atoms with van der Waals surface area (Å²) in [5, 5.41) is 9.93. The van der Waals surface area contributed by atoms with Crippen LogP contribution in [0.5, 0.6) is 5.75 Å². The molecule has 4 rings (SSSR count). The lowest BCUT2D eigenvalue weighted by molar-refractivity contribution is -0.146. The van der Waals surface area contributed by atoms with Crippen molar-refractivity contribution in [1.82, 2.24) is 4.90 Å². The molecule has 2 aromatic carbocycles. The van der Waals surface area contributed by atoms with Gasteiger partial charge in [-0.2, -0.15) is 0 Å². The van der Waals surface area contributed by atoms with Crippen LogP contribution in [0.2, 0.25) is 0 Å². The minimum absolute atomic E-state index is 0.199. The zero-order valence-electron chi connectivity index (χ0n) is 16.2. The Morgan fingerprint density at radius 3 is 2.70 bits per heavy atom. The average Bonchev–Trinajstić information content (AvgIpc) is 2.77. The predicted molar refractivity (Wildman–Crippen MR) is 110 cm³/mol. The molecule has 1 aliphatic heterocycles. The van der Waals surface area contributed by atoms with E-state index in [1.807, 2.05) is 30.3 Å². The molecule has 1 amide bonds. The summed E-state index contributed by atoms with van der Waals surface area (Å²) in [6, 6.07) is 16.1. The van der Waals surface area contributed by atoms with E-state index in [2.05, 4.69) is 0 Å². The highest BCUT2D eigenvalue weighted by molar-refractivity contribution is 5.93. The number of carbonyl (C=O) groups is 2. The summed E-state index contributed by atoms with van der Waals surface area (Å²) in [5.74, 6) is -1.28. The summed E-state index contributed by atoms with van der Waals surface area (Å²) in [6.07, 6.45) is 1.24. The third-order valence-electron chi connectivity index (χ3n) is 5.29. The molecule has 0 saturated carbocycles. The van der Waals surface area contributed by atoms with Gasteiger partial charge >= 0.3 is 11.6 Å². The number of piperidine rings is 1. The van der Waals surface area contributed by atoms with Crippen molar-refractivity contribution < 1.29 is 23.8 Å². The lowest BCUT2D eigenvalue weighted by Crippen LogP contribution is -2.44. The number of likely N-dealkylation sites (tertiary alicyclic amines) is 1. The summed E-state index contributed by atoms with van der Waals surface area (Å²) in [6.45, 7) is 0.518. The molecule has 1 aliphatic rings. The van der Waals surface area contributed by atoms with Crippen molar-refractivity contribution in [3.05, 3.63) is 65.0 Å². The second-order valence-electron chi connectivity index (χ2n) is 7.31. The first-order valence-corrected chi connectivity index (χ1v) is 9.78. The maximum absolute atomic E-state index is 12.4. The lowest BCUT2D eigenvalue weighted by atomic mass is 9.98. The Hall–Kier alpha value is -3.61. The molecule has 154 valence electrons. The molecule has 30 heavy (non-hydrogen) atoms. The van der Waals surface area contributed by atoms with Gasteiger partial charge in [0, 0.05) is 30.6 Å². The Morgan fingerprint density at radius 1 is 1.13 bits per heavy atom. The maximum Gasteiger partial charge on any atom is 0.336 e. The number of hydrogen-bond donors (Lipinski definition) is 1. The lowest BCUT2D eigenvalue weighted by Gasteiger charge is -2.30. The van der Waals surface area contributed by atoms with Crippen molar-refractivity contribution in [2.24, 2.45) is 5.92 Å². The van der Waals surface area contributed by atoms with E-state index in [-0.39, 0.29) is 19.1 Å². The van der Waals surface area contributed by atoms with Gasteiger partial charge in [-0.3, -0.25) is 9.59 Å². The van der Waals surface area contributed by atoms with Gasteiger partial charge in [0.2, 0.25) is 0 Å². The predicted octanol–water partition coefficient (Wildman–Crippen LogP) is 3.16. The number of aliphatic carboxylic acids is 1. The van der Waals surface area contributed by atoms with Crippen LogP contribution in [0, 0.1) is 5.92 Å². The SMILES string of the molecule is O=C(O)[C@H]1CCCN(C(=O)COc2ccc3c(-c4ccccc4)cc(=O)oc3c2)C1.